The van der Waals surface area contributed by atoms with Crippen LogP contribution in [0.4, 0.5) is 4.39 Å². The van der Waals surface area contributed by atoms with E-state index in [0.29, 0.717) is 16.9 Å². The number of phenolic OH excluding ortho intramolecular Hbond substituents is 2. The minimum absolute atomic E-state index is 0.112. The average Bonchev–Trinajstić information content (AvgIpc) is 2.72. The molecule has 0 saturated carbocycles. The van der Waals surface area contributed by atoms with Crippen LogP contribution in [-0.4, -0.2) is 16.2 Å². The molecular weight excluding hydrogens is 379 g/mol. The Kier molecular flexibility index (Phi) is 5.05. The fourth-order valence-corrected chi connectivity index (χ4v) is 3.07. The van der Waals surface area contributed by atoms with Gasteiger partial charge in [-0.3, -0.25) is 0 Å². The molecule has 3 aromatic carbocycles. The maximum atomic E-state index is 14.0. The van der Waals surface area contributed by atoms with Crippen LogP contribution < -0.4 is 4.74 Å². The smallest absolute Gasteiger partial charge is 0.342 e. The highest BCUT2D eigenvalue weighted by atomic mass is 19.1. The first-order valence-electron chi connectivity index (χ1n) is 8.85. The first kappa shape index (κ1) is 18.8. The van der Waals surface area contributed by atoms with Crippen LogP contribution in [0.2, 0.25) is 0 Å². The van der Waals surface area contributed by atoms with E-state index in [-0.39, 0.29) is 24.5 Å². The summed E-state index contributed by atoms with van der Waals surface area (Å²) in [5, 5.41) is 19.1. The summed E-state index contributed by atoms with van der Waals surface area (Å²) in [6.07, 6.45) is -0.662. The van der Waals surface area contributed by atoms with Gasteiger partial charge in [0.25, 0.3) is 0 Å². The van der Waals surface area contributed by atoms with Gasteiger partial charge in [0.2, 0.25) is 6.29 Å². The number of fused-ring (bicyclic) bond motifs is 1. The third-order valence-electron chi connectivity index (χ3n) is 4.45. The molecule has 0 saturated heterocycles. The molecule has 1 heterocycles. The maximum absolute atomic E-state index is 14.0. The van der Waals surface area contributed by atoms with Crippen LogP contribution in [0.5, 0.6) is 17.2 Å². The van der Waals surface area contributed by atoms with Gasteiger partial charge in [-0.25, -0.2) is 9.18 Å². The van der Waals surface area contributed by atoms with Gasteiger partial charge in [-0.1, -0.05) is 30.3 Å². The van der Waals surface area contributed by atoms with Crippen LogP contribution in [-0.2, 0) is 22.7 Å². The maximum Gasteiger partial charge on any atom is 0.342 e. The normalized spacial score (nSPS) is 15.3. The molecular formula is C22H17FO6. The number of halogens is 1. The molecule has 1 atom stereocenters. The summed E-state index contributed by atoms with van der Waals surface area (Å²) in [6.45, 7) is -0.118. The number of ether oxygens (including phenoxy) is 3. The standard InChI is InChI=1S/C22H17FO6/c23-16-8-14(11-27-21(26)18-7-6-17(24)10-19(18)25)20-15(9-16)12-28-22(29-20)13-4-2-1-3-5-13/h1-10,22,24-25H,11-12H2/t22-/m1/s1. The molecule has 0 amide bonds. The van der Waals surface area contributed by atoms with Gasteiger partial charge < -0.3 is 24.4 Å². The van der Waals surface area contributed by atoms with Crippen LogP contribution in [0.25, 0.3) is 0 Å². The number of hydrogen-bond donors (Lipinski definition) is 2. The van der Waals surface area contributed by atoms with E-state index in [9.17, 15) is 19.4 Å². The van der Waals surface area contributed by atoms with Crippen molar-refractivity contribution in [3.05, 3.63) is 88.7 Å². The van der Waals surface area contributed by atoms with Gasteiger partial charge in [-0.15, -0.1) is 0 Å². The molecule has 0 aromatic heterocycles. The minimum Gasteiger partial charge on any atom is -0.508 e. The summed E-state index contributed by atoms with van der Waals surface area (Å²) in [5.41, 5.74) is 1.55. The van der Waals surface area contributed by atoms with Crippen LogP contribution in [0.3, 0.4) is 0 Å². The summed E-state index contributed by atoms with van der Waals surface area (Å²) < 4.78 is 30.8. The molecule has 0 aliphatic carbocycles. The summed E-state index contributed by atoms with van der Waals surface area (Å²) in [6, 6.07) is 15.4. The zero-order chi connectivity index (χ0) is 20.4. The highest BCUT2D eigenvalue weighted by molar-refractivity contribution is 5.92. The third-order valence-corrected chi connectivity index (χ3v) is 4.45. The van der Waals surface area contributed by atoms with Crippen molar-refractivity contribution >= 4 is 5.97 Å². The number of carbonyl (C=O) groups excluding carboxylic acids is 1. The van der Waals surface area contributed by atoms with Gasteiger partial charge in [-0.2, -0.15) is 0 Å². The molecule has 0 spiro atoms. The van der Waals surface area contributed by atoms with Gasteiger partial charge >= 0.3 is 5.97 Å². The molecule has 148 valence electrons. The summed E-state index contributed by atoms with van der Waals surface area (Å²) in [4.78, 5) is 12.3. The lowest BCUT2D eigenvalue weighted by Crippen LogP contribution is -2.20. The van der Waals surface area contributed by atoms with E-state index in [1.165, 1.54) is 24.3 Å². The zero-order valence-electron chi connectivity index (χ0n) is 15.2. The van der Waals surface area contributed by atoms with E-state index in [0.717, 1.165) is 11.6 Å². The molecule has 4 rings (SSSR count). The van der Waals surface area contributed by atoms with Crippen molar-refractivity contribution in [2.45, 2.75) is 19.5 Å². The summed E-state index contributed by atoms with van der Waals surface area (Å²) in [5.74, 6) is -1.52. The average molecular weight is 396 g/mol. The molecule has 0 fully saturated rings. The van der Waals surface area contributed by atoms with Crippen LogP contribution >= 0.6 is 0 Å². The number of rotatable bonds is 4. The first-order valence-corrected chi connectivity index (χ1v) is 8.85. The predicted octanol–water partition coefficient (Wildman–Crippen LogP) is 4.20. The van der Waals surface area contributed by atoms with Crippen molar-refractivity contribution < 1.29 is 33.6 Å². The topological polar surface area (TPSA) is 85.2 Å². The van der Waals surface area contributed by atoms with Gasteiger partial charge in [0.05, 0.1) is 6.61 Å². The molecule has 0 radical (unpaired) electrons. The molecule has 2 N–H and O–H groups in total. The summed E-state index contributed by atoms with van der Waals surface area (Å²) in [7, 11) is 0. The highest BCUT2D eigenvalue weighted by Crippen LogP contribution is 2.37. The van der Waals surface area contributed by atoms with Crippen molar-refractivity contribution in [1.29, 1.82) is 0 Å². The van der Waals surface area contributed by atoms with Crippen molar-refractivity contribution in [1.82, 2.24) is 0 Å². The van der Waals surface area contributed by atoms with Gasteiger partial charge in [0, 0.05) is 22.8 Å². The number of phenols is 2. The van der Waals surface area contributed by atoms with Gasteiger partial charge in [-0.05, 0) is 24.3 Å². The molecule has 29 heavy (non-hydrogen) atoms. The number of carbonyl (C=O) groups is 1. The second-order valence-electron chi connectivity index (χ2n) is 6.50. The zero-order valence-corrected chi connectivity index (χ0v) is 15.2. The van der Waals surface area contributed by atoms with E-state index in [4.69, 9.17) is 14.2 Å². The number of aromatic hydroxyl groups is 2. The van der Waals surface area contributed by atoms with Gasteiger partial charge in [0.15, 0.2) is 0 Å². The van der Waals surface area contributed by atoms with Crippen LogP contribution in [0.1, 0.15) is 33.3 Å². The lowest BCUT2D eigenvalue weighted by atomic mass is 10.1. The quantitative estimate of drug-likeness (QED) is 0.643. The van der Waals surface area contributed by atoms with Crippen LogP contribution in [0, 0.1) is 5.82 Å². The van der Waals surface area contributed by atoms with Gasteiger partial charge in [0.1, 0.15) is 35.2 Å². The SMILES string of the molecule is O=C(OCc1cc(F)cc2c1O[C@H](c1ccccc1)OC2)c1ccc(O)cc1O. The highest BCUT2D eigenvalue weighted by Gasteiger charge is 2.26. The second-order valence-corrected chi connectivity index (χ2v) is 6.50. The van der Waals surface area contributed by atoms with E-state index in [1.54, 1.807) is 0 Å². The molecule has 6 nitrogen and oxygen atoms in total. The molecule has 0 unspecified atom stereocenters. The Morgan fingerprint density at radius 3 is 2.66 bits per heavy atom. The van der Waals surface area contributed by atoms with E-state index in [2.05, 4.69) is 0 Å². The molecule has 1 aliphatic heterocycles. The molecule has 1 aliphatic rings. The largest absolute Gasteiger partial charge is 0.508 e. The van der Waals surface area contributed by atoms with Crippen molar-refractivity contribution in [3.8, 4) is 17.2 Å². The Labute approximate surface area is 165 Å². The molecule has 0 bridgehead atoms. The minimum atomic E-state index is -0.813. The fraction of sp³-hybridized carbons (Fsp3) is 0.136. The van der Waals surface area contributed by atoms with E-state index >= 15 is 0 Å². The number of hydrogen-bond acceptors (Lipinski definition) is 6. The molecule has 3 aromatic rings. The Hall–Kier alpha value is -3.58. The molecule has 7 heteroatoms. The second kappa shape index (κ2) is 7.81. The fourth-order valence-electron chi connectivity index (χ4n) is 3.07. The first-order chi connectivity index (χ1) is 14.0. The van der Waals surface area contributed by atoms with Crippen LogP contribution in [0.15, 0.2) is 60.7 Å². The Morgan fingerprint density at radius 2 is 1.90 bits per heavy atom. The van der Waals surface area contributed by atoms with Crippen molar-refractivity contribution in [2.75, 3.05) is 0 Å². The monoisotopic (exact) mass is 396 g/mol. The van der Waals surface area contributed by atoms with E-state index < -0.39 is 23.8 Å². The lowest BCUT2D eigenvalue weighted by molar-refractivity contribution is -0.112. The lowest BCUT2D eigenvalue weighted by Gasteiger charge is -2.28. The summed E-state index contributed by atoms with van der Waals surface area (Å²) >= 11 is 0. The van der Waals surface area contributed by atoms with Crippen molar-refractivity contribution in [3.63, 3.8) is 0 Å². The number of benzene rings is 3. The Morgan fingerprint density at radius 1 is 1.10 bits per heavy atom. The Balaban J connectivity index is 1.55. The third kappa shape index (κ3) is 4.00. The van der Waals surface area contributed by atoms with E-state index in [1.807, 2.05) is 30.3 Å². The predicted molar refractivity (Wildman–Crippen MR) is 99.9 cm³/mol. The van der Waals surface area contributed by atoms with Crippen molar-refractivity contribution in [2.24, 2.45) is 0 Å². The number of esters is 1. The Bertz CT molecular complexity index is 1050.